The Morgan fingerprint density at radius 1 is 1.50 bits per heavy atom. The summed E-state index contributed by atoms with van der Waals surface area (Å²) in [6.45, 7) is 3.41. The lowest BCUT2D eigenvalue weighted by molar-refractivity contribution is -0.0112. The van der Waals surface area contributed by atoms with Crippen LogP contribution in [0.25, 0.3) is 0 Å². The molecule has 1 heterocycles. The minimum atomic E-state index is 0.192. The maximum absolute atomic E-state index is 5.88. The SMILES string of the molecule is Cc1cccc(C(N)=S)c1OCC1CCCCO1. The van der Waals surface area contributed by atoms with Gasteiger partial charge in [0.1, 0.15) is 17.3 Å². The molecule has 2 rings (SSSR count). The van der Waals surface area contributed by atoms with Gasteiger partial charge in [-0.25, -0.2) is 0 Å². The molecule has 1 aromatic rings. The van der Waals surface area contributed by atoms with Crippen molar-refractivity contribution in [2.45, 2.75) is 32.3 Å². The first kappa shape index (κ1) is 13.3. The fourth-order valence-corrected chi connectivity index (χ4v) is 2.31. The minimum absolute atomic E-state index is 0.192. The average molecular weight is 265 g/mol. The molecule has 1 atom stereocenters. The fourth-order valence-electron chi connectivity index (χ4n) is 2.15. The standard InChI is InChI=1S/C14H19NO2S/c1-10-5-4-7-12(14(15)18)13(10)17-9-11-6-2-3-8-16-11/h4-5,7,11H,2-3,6,8-9H2,1H3,(H2,15,18). The summed E-state index contributed by atoms with van der Waals surface area (Å²) in [5.74, 6) is 0.791. The second-order valence-electron chi connectivity index (χ2n) is 4.62. The van der Waals surface area contributed by atoms with E-state index in [4.69, 9.17) is 27.4 Å². The van der Waals surface area contributed by atoms with Crippen molar-refractivity contribution < 1.29 is 9.47 Å². The minimum Gasteiger partial charge on any atom is -0.490 e. The summed E-state index contributed by atoms with van der Waals surface area (Å²) < 4.78 is 11.5. The highest BCUT2D eigenvalue weighted by Gasteiger charge is 2.16. The molecule has 1 aliphatic heterocycles. The third kappa shape index (κ3) is 3.21. The van der Waals surface area contributed by atoms with Crippen LogP contribution in [0.1, 0.15) is 30.4 Å². The van der Waals surface area contributed by atoms with Gasteiger partial charge >= 0.3 is 0 Å². The molecule has 1 saturated heterocycles. The topological polar surface area (TPSA) is 44.5 Å². The Morgan fingerprint density at radius 3 is 3.00 bits per heavy atom. The number of benzene rings is 1. The molecule has 1 unspecified atom stereocenters. The Bertz CT molecular complexity index is 428. The normalized spacial score (nSPS) is 19.5. The molecule has 0 spiro atoms. The fraction of sp³-hybridized carbons (Fsp3) is 0.500. The van der Waals surface area contributed by atoms with Crippen molar-refractivity contribution in [3.05, 3.63) is 29.3 Å². The van der Waals surface area contributed by atoms with Gasteiger partial charge in [0.05, 0.1) is 11.7 Å². The van der Waals surface area contributed by atoms with E-state index in [1.807, 2.05) is 25.1 Å². The van der Waals surface area contributed by atoms with Gasteiger partial charge in [0.15, 0.2) is 0 Å². The van der Waals surface area contributed by atoms with Crippen LogP contribution in [0.2, 0.25) is 0 Å². The monoisotopic (exact) mass is 265 g/mol. The van der Waals surface area contributed by atoms with Crippen LogP contribution in [0.3, 0.4) is 0 Å². The summed E-state index contributed by atoms with van der Waals surface area (Å²) >= 11 is 5.05. The van der Waals surface area contributed by atoms with E-state index in [2.05, 4.69) is 0 Å². The van der Waals surface area contributed by atoms with Crippen molar-refractivity contribution in [1.82, 2.24) is 0 Å². The van der Waals surface area contributed by atoms with Gasteiger partial charge in [0.2, 0.25) is 0 Å². The maximum Gasteiger partial charge on any atom is 0.132 e. The molecule has 0 radical (unpaired) electrons. The van der Waals surface area contributed by atoms with E-state index in [0.717, 1.165) is 36.3 Å². The summed E-state index contributed by atoms with van der Waals surface area (Å²) in [6.07, 6.45) is 3.62. The number of para-hydroxylation sites is 1. The smallest absolute Gasteiger partial charge is 0.132 e. The van der Waals surface area contributed by atoms with Crippen molar-refractivity contribution in [1.29, 1.82) is 0 Å². The first-order chi connectivity index (χ1) is 8.68. The molecule has 98 valence electrons. The van der Waals surface area contributed by atoms with Crippen molar-refractivity contribution in [3.8, 4) is 5.75 Å². The Kier molecular flexibility index (Phi) is 4.55. The largest absolute Gasteiger partial charge is 0.490 e. The number of nitrogens with two attached hydrogens (primary N) is 1. The van der Waals surface area contributed by atoms with E-state index in [-0.39, 0.29) is 6.10 Å². The molecule has 3 nitrogen and oxygen atoms in total. The van der Waals surface area contributed by atoms with Crippen molar-refractivity contribution in [3.63, 3.8) is 0 Å². The number of hydrogen-bond acceptors (Lipinski definition) is 3. The predicted octanol–water partition coefficient (Wildman–Crippen LogP) is 2.58. The summed E-state index contributed by atoms with van der Waals surface area (Å²) in [7, 11) is 0. The van der Waals surface area contributed by atoms with Crippen LogP contribution in [0.5, 0.6) is 5.75 Å². The molecule has 0 amide bonds. The number of thiocarbonyl (C=S) groups is 1. The average Bonchev–Trinajstić information content (AvgIpc) is 2.38. The highest BCUT2D eigenvalue weighted by atomic mass is 32.1. The number of aryl methyl sites for hydroxylation is 1. The number of hydrogen-bond donors (Lipinski definition) is 1. The molecule has 18 heavy (non-hydrogen) atoms. The molecule has 1 fully saturated rings. The van der Waals surface area contributed by atoms with Gasteiger partial charge in [-0.1, -0.05) is 24.4 Å². The van der Waals surface area contributed by atoms with Gasteiger partial charge in [0.25, 0.3) is 0 Å². The quantitative estimate of drug-likeness (QED) is 0.850. The van der Waals surface area contributed by atoms with Gasteiger partial charge < -0.3 is 15.2 Å². The van der Waals surface area contributed by atoms with E-state index < -0.39 is 0 Å². The third-order valence-corrected chi connectivity index (χ3v) is 3.38. The third-order valence-electron chi connectivity index (χ3n) is 3.16. The van der Waals surface area contributed by atoms with Gasteiger partial charge in [-0.05, 0) is 37.8 Å². The van der Waals surface area contributed by atoms with Crippen LogP contribution in [-0.4, -0.2) is 24.3 Å². The molecule has 4 heteroatoms. The molecule has 0 aliphatic carbocycles. The predicted molar refractivity (Wildman–Crippen MR) is 76.2 cm³/mol. The summed E-state index contributed by atoms with van der Waals surface area (Å²) in [4.78, 5) is 0.373. The second-order valence-corrected chi connectivity index (χ2v) is 5.06. The van der Waals surface area contributed by atoms with Crippen LogP contribution in [-0.2, 0) is 4.74 Å². The van der Waals surface area contributed by atoms with E-state index in [0.29, 0.717) is 11.6 Å². The first-order valence-corrected chi connectivity index (χ1v) is 6.73. The molecule has 0 aromatic heterocycles. The highest BCUT2D eigenvalue weighted by molar-refractivity contribution is 7.80. The second kappa shape index (κ2) is 6.16. The molecular weight excluding hydrogens is 246 g/mol. The van der Waals surface area contributed by atoms with Gasteiger partial charge in [-0.15, -0.1) is 0 Å². The lowest BCUT2D eigenvalue weighted by Gasteiger charge is -2.23. The highest BCUT2D eigenvalue weighted by Crippen LogP contribution is 2.24. The van der Waals surface area contributed by atoms with Gasteiger partial charge in [-0.2, -0.15) is 0 Å². The molecule has 1 aromatic carbocycles. The molecular formula is C14H19NO2S. The lowest BCUT2D eigenvalue weighted by Crippen LogP contribution is -2.26. The van der Waals surface area contributed by atoms with E-state index in [9.17, 15) is 0 Å². The Hall–Kier alpha value is -1.13. The van der Waals surface area contributed by atoms with Crippen molar-refractivity contribution >= 4 is 17.2 Å². The first-order valence-electron chi connectivity index (χ1n) is 6.32. The summed E-state index contributed by atoms with van der Waals surface area (Å²) in [6, 6.07) is 5.83. The zero-order valence-electron chi connectivity index (χ0n) is 10.6. The Labute approximate surface area is 113 Å². The van der Waals surface area contributed by atoms with E-state index in [1.165, 1.54) is 6.42 Å². The lowest BCUT2D eigenvalue weighted by atomic mass is 10.1. The molecule has 2 N–H and O–H groups in total. The Balaban J connectivity index is 2.05. The van der Waals surface area contributed by atoms with Crippen molar-refractivity contribution in [2.75, 3.05) is 13.2 Å². The zero-order chi connectivity index (χ0) is 13.0. The zero-order valence-corrected chi connectivity index (χ0v) is 11.5. The van der Waals surface area contributed by atoms with Crippen LogP contribution in [0.15, 0.2) is 18.2 Å². The van der Waals surface area contributed by atoms with Crippen LogP contribution in [0.4, 0.5) is 0 Å². The molecule has 0 bridgehead atoms. The van der Waals surface area contributed by atoms with Crippen molar-refractivity contribution in [2.24, 2.45) is 5.73 Å². The van der Waals surface area contributed by atoms with Crippen LogP contribution >= 0.6 is 12.2 Å². The number of ether oxygens (including phenoxy) is 2. The van der Waals surface area contributed by atoms with Gasteiger partial charge in [0, 0.05) is 6.61 Å². The van der Waals surface area contributed by atoms with Crippen LogP contribution in [0, 0.1) is 6.92 Å². The van der Waals surface area contributed by atoms with E-state index >= 15 is 0 Å². The summed E-state index contributed by atoms with van der Waals surface area (Å²) in [5, 5.41) is 0. The van der Waals surface area contributed by atoms with E-state index in [1.54, 1.807) is 0 Å². The Morgan fingerprint density at radius 2 is 2.33 bits per heavy atom. The maximum atomic E-state index is 5.88. The van der Waals surface area contributed by atoms with Crippen LogP contribution < -0.4 is 10.5 Å². The molecule has 0 saturated carbocycles. The number of rotatable bonds is 4. The van der Waals surface area contributed by atoms with Gasteiger partial charge in [-0.3, -0.25) is 0 Å². The summed E-state index contributed by atoms with van der Waals surface area (Å²) in [5.41, 5.74) is 7.57. The molecule has 1 aliphatic rings.